The van der Waals surface area contributed by atoms with Crippen LogP contribution in [0.1, 0.15) is 64.1 Å². The number of carbonyl (C=O) groups excluding carboxylic acids is 2. The number of aliphatic imine (C=N–C) groups is 1. The van der Waals surface area contributed by atoms with Crippen molar-refractivity contribution in [3.05, 3.63) is 46.6 Å². The number of nitrogens with one attached hydrogen (secondary N) is 2. The number of hydrogen-bond donors (Lipinski definition) is 2. The lowest BCUT2D eigenvalue weighted by atomic mass is 9.89. The van der Waals surface area contributed by atoms with Crippen molar-refractivity contribution in [2.24, 2.45) is 9.36 Å². The first-order valence-electron chi connectivity index (χ1n) is 12.8. The summed E-state index contributed by atoms with van der Waals surface area (Å²) in [5, 5.41) is 3.98. The highest BCUT2D eigenvalue weighted by Crippen LogP contribution is 2.47. The molecule has 0 fully saturated rings. The van der Waals surface area contributed by atoms with E-state index in [4.69, 9.17) is 21.3 Å². The Morgan fingerprint density at radius 2 is 1.88 bits per heavy atom. The molecule has 1 unspecified atom stereocenters. The predicted molar refractivity (Wildman–Crippen MR) is 150 cm³/mol. The van der Waals surface area contributed by atoms with Crippen molar-refractivity contribution < 1.29 is 36.4 Å². The standard InChI is InChI=1S/C26H30ClF3N6O5S/c1-24(2,3)41-23(38)35-21-25(4,5)42(39)16(9-10-32-42)26(6,36-21)19-15(28)7-8-17(33-19)34-20(37)18-14(27)11-13(12-31-18)40-22(29)30/h7-8,11-12,16,22H,9-10H2,1-6H3,(H,33,34,37)(H,35,36,38)/t16-,26-,42?/m0/s1. The minimum absolute atomic E-state index is 0.0103. The second-order valence-electron chi connectivity index (χ2n) is 11.3. The zero-order chi connectivity index (χ0) is 31.3. The largest absolute Gasteiger partial charge is 0.444 e. The number of carbonyl (C=O) groups is 2. The number of alkyl halides is 2. The molecule has 2 N–H and O–H groups in total. The van der Waals surface area contributed by atoms with Crippen LogP contribution in [0.25, 0.3) is 0 Å². The number of rotatable bonds is 5. The molecule has 4 heterocycles. The van der Waals surface area contributed by atoms with Crippen LogP contribution in [-0.4, -0.2) is 60.8 Å². The molecule has 0 aliphatic carbocycles. The fourth-order valence-corrected chi connectivity index (χ4v) is 8.24. The lowest BCUT2D eigenvalue weighted by Gasteiger charge is -2.44. The van der Waals surface area contributed by atoms with E-state index in [1.54, 1.807) is 41.5 Å². The highest BCUT2D eigenvalue weighted by molar-refractivity contribution is 7.96. The number of anilines is 1. The van der Waals surface area contributed by atoms with Gasteiger partial charge in [-0.05, 0) is 60.1 Å². The minimum atomic E-state index is -3.15. The first-order chi connectivity index (χ1) is 19.4. The smallest absolute Gasteiger partial charge is 0.413 e. The molecule has 0 radical (unpaired) electrons. The third-order valence-electron chi connectivity index (χ3n) is 6.78. The molecule has 0 saturated carbocycles. The third kappa shape index (κ3) is 5.89. The Morgan fingerprint density at radius 1 is 1.19 bits per heavy atom. The lowest BCUT2D eigenvalue weighted by molar-refractivity contribution is -0.0500. The van der Waals surface area contributed by atoms with Gasteiger partial charge in [-0.3, -0.25) is 15.1 Å². The Kier molecular flexibility index (Phi) is 8.23. The van der Waals surface area contributed by atoms with Crippen LogP contribution in [0.3, 0.4) is 0 Å². The van der Waals surface area contributed by atoms with Gasteiger partial charge in [0.15, 0.2) is 0 Å². The number of halogens is 4. The molecule has 228 valence electrons. The van der Waals surface area contributed by atoms with Gasteiger partial charge in [0.1, 0.15) is 50.5 Å². The Balaban J connectivity index is 1.73. The zero-order valence-electron chi connectivity index (χ0n) is 23.6. The second-order valence-corrected chi connectivity index (χ2v) is 14.7. The average Bonchev–Trinajstić information content (AvgIpc) is 3.27. The monoisotopic (exact) mass is 630 g/mol. The number of pyridine rings is 2. The summed E-state index contributed by atoms with van der Waals surface area (Å²) in [7, 11) is -3.15. The first kappa shape index (κ1) is 31.5. The van der Waals surface area contributed by atoms with Crippen molar-refractivity contribution in [3.63, 3.8) is 0 Å². The molecule has 2 aromatic rings. The van der Waals surface area contributed by atoms with Crippen molar-refractivity contribution >= 4 is 45.0 Å². The molecule has 2 amide bonds. The quantitative estimate of drug-likeness (QED) is 0.456. The van der Waals surface area contributed by atoms with Crippen LogP contribution in [0.4, 0.5) is 23.8 Å². The summed E-state index contributed by atoms with van der Waals surface area (Å²) in [5.41, 5.74) is -2.97. The van der Waals surface area contributed by atoms with Crippen LogP contribution in [0.2, 0.25) is 5.02 Å². The number of amides is 2. The van der Waals surface area contributed by atoms with Crippen LogP contribution in [0.5, 0.6) is 5.75 Å². The zero-order valence-corrected chi connectivity index (χ0v) is 25.2. The fourth-order valence-electron chi connectivity index (χ4n) is 4.82. The van der Waals surface area contributed by atoms with E-state index in [9.17, 15) is 22.6 Å². The number of aromatic nitrogens is 2. The normalized spacial score (nSPS) is 24.7. The van der Waals surface area contributed by atoms with Gasteiger partial charge in [0.25, 0.3) is 5.91 Å². The molecule has 2 aromatic heterocycles. The van der Waals surface area contributed by atoms with E-state index in [-0.39, 0.29) is 40.4 Å². The fraction of sp³-hybridized carbons (Fsp3) is 0.500. The lowest BCUT2D eigenvalue weighted by Crippen LogP contribution is -2.61. The van der Waals surface area contributed by atoms with E-state index in [1.165, 1.54) is 6.07 Å². The van der Waals surface area contributed by atoms with Gasteiger partial charge in [-0.1, -0.05) is 11.6 Å². The second kappa shape index (κ2) is 11.0. The van der Waals surface area contributed by atoms with E-state index < -0.39 is 55.3 Å². The molecule has 42 heavy (non-hydrogen) atoms. The maximum Gasteiger partial charge on any atom is 0.413 e. The first-order valence-corrected chi connectivity index (χ1v) is 14.7. The number of ether oxygens (including phenoxy) is 2. The molecule has 4 rings (SSSR count). The summed E-state index contributed by atoms with van der Waals surface area (Å²) in [6, 6.07) is 3.25. The molecule has 0 aromatic carbocycles. The summed E-state index contributed by atoms with van der Waals surface area (Å²) < 4.78 is 67.7. The van der Waals surface area contributed by atoms with Gasteiger partial charge < -0.3 is 14.8 Å². The van der Waals surface area contributed by atoms with Gasteiger partial charge in [0, 0.05) is 12.6 Å². The van der Waals surface area contributed by atoms with Gasteiger partial charge in [-0.2, -0.15) is 8.78 Å². The van der Waals surface area contributed by atoms with Gasteiger partial charge in [-0.25, -0.2) is 27.7 Å². The van der Waals surface area contributed by atoms with Crippen LogP contribution in [0, 0.1) is 5.82 Å². The molecule has 0 saturated heterocycles. The van der Waals surface area contributed by atoms with Crippen molar-refractivity contribution in [2.75, 3.05) is 11.9 Å². The summed E-state index contributed by atoms with van der Waals surface area (Å²) in [6.07, 6.45) is 0.377. The SMILES string of the molecule is CC(C)(C)OC(=O)NC1=N[C@](C)(c2nc(NC(=O)c3ncc(OC(F)F)cc3Cl)ccc2F)[C@@H]2CCN=S2(=O)C1(C)C. The van der Waals surface area contributed by atoms with E-state index in [0.717, 1.165) is 18.3 Å². The Morgan fingerprint density at radius 3 is 2.50 bits per heavy atom. The van der Waals surface area contributed by atoms with E-state index in [0.29, 0.717) is 6.42 Å². The Labute approximate surface area is 245 Å². The molecular formula is C26H30ClF3N6O5S. The average molecular weight is 631 g/mol. The summed E-state index contributed by atoms with van der Waals surface area (Å²) in [6.45, 7) is 6.98. The van der Waals surface area contributed by atoms with Crippen molar-refractivity contribution in [3.8, 4) is 5.75 Å². The highest BCUT2D eigenvalue weighted by Gasteiger charge is 2.58. The van der Waals surface area contributed by atoms with Crippen molar-refractivity contribution in [2.45, 2.75) is 75.7 Å². The van der Waals surface area contributed by atoms with Crippen LogP contribution in [-0.2, 0) is 20.0 Å². The molecule has 16 heteroatoms. The molecule has 0 spiro atoms. The number of nitrogens with zero attached hydrogens (tertiary/aromatic N) is 4. The maximum absolute atomic E-state index is 15.5. The molecule has 2 aliphatic rings. The summed E-state index contributed by atoms with van der Waals surface area (Å²) in [4.78, 5) is 38.4. The molecular weight excluding hydrogens is 601 g/mol. The van der Waals surface area contributed by atoms with Gasteiger partial charge in [0.2, 0.25) is 0 Å². The number of alkyl carbamates (subject to hydrolysis) is 1. The van der Waals surface area contributed by atoms with Crippen LogP contribution >= 0.6 is 11.6 Å². The number of fused-ring (bicyclic) bond motifs is 1. The van der Waals surface area contributed by atoms with E-state index in [1.807, 2.05) is 0 Å². The van der Waals surface area contributed by atoms with E-state index >= 15 is 4.39 Å². The molecule has 11 nitrogen and oxygen atoms in total. The highest BCUT2D eigenvalue weighted by atomic mass is 35.5. The molecule has 2 aliphatic heterocycles. The van der Waals surface area contributed by atoms with Gasteiger partial charge in [-0.15, -0.1) is 0 Å². The van der Waals surface area contributed by atoms with Gasteiger partial charge >= 0.3 is 12.7 Å². The summed E-state index contributed by atoms with van der Waals surface area (Å²) in [5.74, 6) is -2.13. The maximum atomic E-state index is 15.5. The summed E-state index contributed by atoms with van der Waals surface area (Å²) >= 11 is 6.04. The molecule has 3 atom stereocenters. The number of hydrogen-bond acceptors (Lipinski definition) is 9. The third-order valence-corrected chi connectivity index (χ3v) is 10.8. The molecule has 0 bridgehead atoms. The number of amidine groups is 1. The van der Waals surface area contributed by atoms with Crippen LogP contribution < -0.4 is 15.4 Å². The van der Waals surface area contributed by atoms with Crippen molar-refractivity contribution in [1.82, 2.24) is 15.3 Å². The minimum Gasteiger partial charge on any atom is -0.444 e. The van der Waals surface area contributed by atoms with E-state index in [2.05, 4.69) is 29.7 Å². The van der Waals surface area contributed by atoms with Gasteiger partial charge in [0.05, 0.1) is 26.2 Å². The Bertz CT molecular complexity index is 1590. The Hall–Kier alpha value is -3.46. The topological polar surface area (TPSA) is 144 Å². The van der Waals surface area contributed by atoms with Crippen molar-refractivity contribution in [1.29, 1.82) is 0 Å². The predicted octanol–water partition coefficient (Wildman–Crippen LogP) is 5.29. The van der Waals surface area contributed by atoms with Crippen LogP contribution in [0.15, 0.2) is 33.8 Å².